The Morgan fingerprint density at radius 2 is 1.67 bits per heavy atom. The van der Waals surface area contributed by atoms with Gasteiger partial charge < -0.3 is 19.7 Å². The predicted molar refractivity (Wildman–Crippen MR) is 186 cm³/mol. The summed E-state index contributed by atoms with van der Waals surface area (Å²) in [7, 11) is 3.07. The van der Waals surface area contributed by atoms with Crippen LogP contribution in [0.2, 0.25) is 5.02 Å². The summed E-state index contributed by atoms with van der Waals surface area (Å²) < 4.78 is 12.9. The average Bonchev–Trinajstić information content (AvgIpc) is 3.56. The quantitative estimate of drug-likeness (QED) is 0.247. The molecular formula is C37H29ClN4O5S. The molecule has 3 heterocycles. The van der Waals surface area contributed by atoms with Crippen LogP contribution in [0.1, 0.15) is 29.7 Å². The lowest BCUT2D eigenvalue weighted by molar-refractivity contribution is -0.114. The highest BCUT2D eigenvalue weighted by Gasteiger charge is 2.38. The number of benzene rings is 4. The van der Waals surface area contributed by atoms with Gasteiger partial charge in [0, 0.05) is 27.9 Å². The highest BCUT2D eigenvalue weighted by Crippen LogP contribution is 2.39. The van der Waals surface area contributed by atoms with E-state index in [1.807, 2.05) is 54.6 Å². The average molecular weight is 677 g/mol. The van der Waals surface area contributed by atoms with Gasteiger partial charge in [0.1, 0.15) is 22.1 Å². The maximum atomic E-state index is 14.7. The summed E-state index contributed by atoms with van der Waals surface area (Å²) in [5.74, 6) is 0.261. The number of anilines is 2. The SMILES string of the molecule is COc1ccc([C@H]2C(C(=O)Nc3ccccc3)=C(C)N=c3s/c(=C4/C(=O)N(Cc5ccc(Cl)cc5)c5ccccc54)c(=O)n32)c(OC)c1. The van der Waals surface area contributed by atoms with Crippen LogP contribution in [0.15, 0.2) is 118 Å². The second-order valence-corrected chi connectivity index (χ2v) is 12.7. The molecule has 4 aromatic carbocycles. The van der Waals surface area contributed by atoms with Crippen molar-refractivity contribution in [1.82, 2.24) is 4.57 Å². The number of halogens is 1. The van der Waals surface area contributed by atoms with Crippen LogP contribution in [0.3, 0.4) is 0 Å². The number of fused-ring (bicyclic) bond motifs is 2. The van der Waals surface area contributed by atoms with E-state index in [9.17, 15) is 14.4 Å². The van der Waals surface area contributed by atoms with E-state index in [0.29, 0.717) is 61.6 Å². The van der Waals surface area contributed by atoms with Crippen molar-refractivity contribution in [1.29, 1.82) is 0 Å². The fraction of sp³-hybridized carbons (Fsp3) is 0.135. The zero-order valence-electron chi connectivity index (χ0n) is 26.2. The second-order valence-electron chi connectivity index (χ2n) is 11.2. The molecule has 48 heavy (non-hydrogen) atoms. The van der Waals surface area contributed by atoms with Gasteiger partial charge in [-0.25, -0.2) is 4.99 Å². The Morgan fingerprint density at radius 1 is 0.938 bits per heavy atom. The summed E-state index contributed by atoms with van der Waals surface area (Å²) in [5.41, 5.74) is 3.96. The zero-order chi connectivity index (χ0) is 33.5. The molecule has 11 heteroatoms. The molecule has 1 N–H and O–H groups in total. The Kier molecular flexibility index (Phi) is 8.20. The molecule has 0 spiro atoms. The molecule has 2 amide bonds. The number of nitrogens with one attached hydrogen (secondary N) is 1. The van der Waals surface area contributed by atoms with Crippen molar-refractivity contribution in [2.75, 3.05) is 24.4 Å². The van der Waals surface area contributed by atoms with Gasteiger partial charge in [-0.15, -0.1) is 0 Å². The third-order valence-corrected chi connectivity index (χ3v) is 9.72. The van der Waals surface area contributed by atoms with Crippen LogP contribution >= 0.6 is 22.9 Å². The first kappa shape index (κ1) is 31.2. The number of thiazole rings is 1. The van der Waals surface area contributed by atoms with Gasteiger partial charge in [0.25, 0.3) is 17.4 Å². The van der Waals surface area contributed by atoms with Gasteiger partial charge in [-0.1, -0.05) is 71.5 Å². The van der Waals surface area contributed by atoms with Gasteiger partial charge in [0.15, 0.2) is 4.80 Å². The van der Waals surface area contributed by atoms with E-state index < -0.39 is 17.5 Å². The molecule has 1 aromatic heterocycles. The molecule has 9 nitrogen and oxygen atoms in total. The summed E-state index contributed by atoms with van der Waals surface area (Å²) in [6, 6.07) is 28.1. The lowest BCUT2D eigenvalue weighted by atomic mass is 9.94. The number of carbonyl (C=O) groups is 2. The van der Waals surface area contributed by atoms with E-state index in [4.69, 9.17) is 26.1 Å². The molecule has 1 atom stereocenters. The van der Waals surface area contributed by atoms with Crippen molar-refractivity contribution in [2.24, 2.45) is 4.99 Å². The van der Waals surface area contributed by atoms with Gasteiger partial charge in [-0.2, -0.15) is 0 Å². The van der Waals surface area contributed by atoms with E-state index >= 15 is 0 Å². The summed E-state index contributed by atoms with van der Waals surface area (Å²) in [4.78, 5) is 49.8. The molecule has 2 aliphatic rings. The van der Waals surface area contributed by atoms with Crippen molar-refractivity contribution in [3.8, 4) is 11.5 Å². The van der Waals surface area contributed by atoms with Crippen LogP contribution in [-0.4, -0.2) is 30.6 Å². The van der Waals surface area contributed by atoms with Crippen molar-refractivity contribution in [2.45, 2.75) is 19.5 Å². The molecule has 5 aromatic rings. The van der Waals surface area contributed by atoms with Gasteiger partial charge in [0.05, 0.1) is 43.3 Å². The number of nitrogens with zero attached hydrogens (tertiary/aromatic N) is 3. The number of hydrogen-bond donors (Lipinski definition) is 1. The van der Waals surface area contributed by atoms with Crippen molar-refractivity contribution in [3.05, 3.63) is 150 Å². The number of aromatic nitrogens is 1. The van der Waals surface area contributed by atoms with E-state index in [0.717, 1.165) is 16.9 Å². The Morgan fingerprint density at radius 3 is 2.40 bits per heavy atom. The summed E-state index contributed by atoms with van der Waals surface area (Å²) >= 11 is 7.24. The van der Waals surface area contributed by atoms with Crippen molar-refractivity contribution >= 4 is 51.7 Å². The minimum atomic E-state index is -0.919. The molecule has 7 rings (SSSR count). The lowest BCUT2D eigenvalue weighted by Crippen LogP contribution is -2.41. The fourth-order valence-electron chi connectivity index (χ4n) is 6.15. The number of methoxy groups -OCH3 is 2. The number of allylic oxidation sites excluding steroid dienone is 1. The van der Waals surface area contributed by atoms with Gasteiger partial charge in [-0.3, -0.25) is 19.0 Å². The van der Waals surface area contributed by atoms with E-state index in [1.165, 1.54) is 11.7 Å². The van der Waals surface area contributed by atoms with E-state index in [1.54, 1.807) is 61.4 Å². The van der Waals surface area contributed by atoms with Crippen LogP contribution < -0.4 is 34.6 Å². The molecule has 0 radical (unpaired) electrons. The smallest absolute Gasteiger partial charge is 0.271 e. The third kappa shape index (κ3) is 5.38. The molecule has 0 fully saturated rings. The first-order valence-corrected chi connectivity index (χ1v) is 16.3. The van der Waals surface area contributed by atoms with Crippen LogP contribution in [0.5, 0.6) is 11.5 Å². The van der Waals surface area contributed by atoms with Gasteiger partial charge in [-0.05, 0) is 55.0 Å². The Hall–Kier alpha value is -5.45. The van der Waals surface area contributed by atoms with E-state index in [-0.39, 0.29) is 16.0 Å². The van der Waals surface area contributed by atoms with E-state index in [2.05, 4.69) is 5.32 Å². The Balaban J connectivity index is 1.43. The highest BCUT2D eigenvalue weighted by atomic mass is 35.5. The number of rotatable bonds is 7. The molecule has 0 saturated heterocycles. The molecule has 0 saturated carbocycles. The second kappa shape index (κ2) is 12.6. The van der Waals surface area contributed by atoms with Gasteiger partial charge >= 0.3 is 0 Å². The molecule has 240 valence electrons. The van der Waals surface area contributed by atoms with Crippen LogP contribution in [0.25, 0.3) is 5.57 Å². The van der Waals surface area contributed by atoms with Gasteiger partial charge in [0.2, 0.25) is 0 Å². The molecule has 2 aliphatic heterocycles. The van der Waals surface area contributed by atoms with Crippen LogP contribution in [0.4, 0.5) is 11.4 Å². The third-order valence-electron chi connectivity index (χ3n) is 8.41. The Labute approximate surface area is 284 Å². The number of para-hydroxylation sites is 2. The van der Waals surface area contributed by atoms with Crippen LogP contribution in [-0.2, 0) is 16.1 Å². The lowest BCUT2D eigenvalue weighted by Gasteiger charge is -2.26. The first-order chi connectivity index (χ1) is 23.3. The minimum Gasteiger partial charge on any atom is -0.497 e. The Bertz CT molecular complexity index is 2310. The monoisotopic (exact) mass is 676 g/mol. The number of carbonyl (C=O) groups excluding carboxylic acids is 2. The van der Waals surface area contributed by atoms with Crippen LogP contribution in [0, 0.1) is 0 Å². The standard InChI is InChI=1S/C37H29ClN4O5S/c1-21-30(34(43)40-24-9-5-4-6-10-24)32(27-18-17-25(46-2)19-29(27)47-3)42-36(45)33(48-37(42)39-21)31-26-11-7-8-12-28(26)41(35(31)44)20-22-13-15-23(38)16-14-22/h4-19,32H,20H2,1-3H3,(H,40,43)/b33-31+/t32-/m0/s1. The summed E-state index contributed by atoms with van der Waals surface area (Å²) in [6.45, 7) is 2.04. The number of ether oxygens (including phenoxy) is 2. The maximum absolute atomic E-state index is 14.7. The predicted octanol–water partition coefficient (Wildman–Crippen LogP) is 5.46. The first-order valence-electron chi connectivity index (χ1n) is 15.1. The normalized spacial score (nSPS) is 16.3. The molecular weight excluding hydrogens is 648 g/mol. The molecule has 0 aliphatic carbocycles. The minimum absolute atomic E-state index is 0.236. The van der Waals surface area contributed by atoms with Crippen molar-refractivity contribution < 1.29 is 19.1 Å². The number of hydrogen-bond acceptors (Lipinski definition) is 7. The maximum Gasteiger partial charge on any atom is 0.271 e. The summed E-state index contributed by atoms with van der Waals surface area (Å²) in [6.07, 6.45) is 0. The van der Waals surface area contributed by atoms with Crippen molar-refractivity contribution in [3.63, 3.8) is 0 Å². The zero-order valence-corrected chi connectivity index (χ0v) is 27.8. The number of amides is 2. The molecule has 0 bridgehead atoms. The summed E-state index contributed by atoms with van der Waals surface area (Å²) in [5, 5.41) is 3.56. The topological polar surface area (TPSA) is 102 Å². The largest absolute Gasteiger partial charge is 0.497 e. The fourth-order valence-corrected chi connectivity index (χ4v) is 7.41. The highest BCUT2D eigenvalue weighted by molar-refractivity contribution is 7.07. The molecule has 0 unspecified atom stereocenters.